The summed E-state index contributed by atoms with van der Waals surface area (Å²) in [5.41, 5.74) is 1.79. The number of H-pyrrole nitrogens is 1. The van der Waals surface area contributed by atoms with Crippen molar-refractivity contribution in [1.82, 2.24) is 30.1 Å². The number of imidazole rings is 1. The molecule has 0 atom stereocenters. The molecule has 6 rings (SSSR count). The van der Waals surface area contributed by atoms with Crippen LogP contribution in [-0.2, 0) is 0 Å². The fraction of sp³-hybridized carbons (Fsp3) is 0.632. The van der Waals surface area contributed by atoms with Gasteiger partial charge < -0.3 is 13.9 Å². The molecule has 0 aliphatic carbocycles. The second-order valence-corrected chi connectivity index (χ2v) is 14.7. The second-order valence-electron chi connectivity index (χ2n) is 13.1. The first-order valence-electron chi connectivity index (χ1n) is 25.7. The first kappa shape index (κ1) is 93.2. The van der Waals surface area contributed by atoms with Crippen LogP contribution in [0.3, 0.4) is 0 Å². The standard InChI is InChI=1S/C5H5N.C4H4S.C3H4N2.2C3H3NO.C3H3NS.12C3H8/c1-2-4-6-5-3-1;1-2-4-5-3-1;2*1-2-5-3-4-1;1-2-4-5-3-1;1-2-5-3-4-1;12*1-3-2/h1-5H;1-4H;1-3H,(H,4,5);3*1-3H;12*3H2,1-2H3. The maximum Gasteiger partial charge on any atom is 0.180 e. The van der Waals surface area contributed by atoms with Crippen molar-refractivity contribution >= 4 is 22.7 Å². The Morgan fingerprint density at radius 2 is 0.746 bits per heavy atom. The summed E-state index contributed by atoms with van der Waals surface area (Å²) in [7, 11) is 0. The maximum atomic E-state index is 4.47. The summed E-state index contributed by atoms with van der Waals surface area (Å²) in [5.74, 6) is 0. The molecule has 8 nitrogen and oxygen atoms in total. The molecule has 10 heteroatoms. The molecule has 400 valence electrons. The molecule has 0 bridgehead atoms. The van der Waals surface area contributed by atoms with Crippen LogP contribution in [-0.4, -0.2) is 30.1 Å². The average molecular weight is 984 g/mol. The number of nitrogens with zero attached hydrogens (tertiary/aromatic N) is 5. The quantitative estimate of drug-likeness (QED) is 0.162. The minimum absolute atomic E-state index is 1.25. The molecule has 67 heavy (non-hydrogen) atoms. The van der Waals surface area contributed by atoms with Gasteiger partial charge in [0.2, 0.25) is 0 Å². The van der Waals surface area contributed by atoms with E-state index < -0.39 is 0 Å². The predicted octanol–water partition coefficient (Wildman–Crippen LogP) is 22.7. The highest BCUT2D eigenvalue weighted by atomic mass is 32.1. The molecule has 0 aliphatic heterocycles. The molecule has 0 saturated heterocycles. The lowest BCUT2D eigenvalue weighted by atomic mass is 10.5. The monoisotopic (exact) mass is 983 g/mol. The van der Waals surface area contributed by atoms with Crippen LogP contribution >= 0.6 is 22.7 Å². The zero-order valence-electron chi connectivity index (χ0n) is 49.0. The number of hydrogen-bond donors (Lipinski definition) is 1. The molecule has 0 spiro atoms. The van der Waals surface area contributed by atoms with Crippen molar-refractivity contribution in [3.63, 3.8) is 0 Å². The van der Waals surface area contributed by atoms with E-state index in [2.05, 4.69) is 205 Å². The summed E-state index contributed by atoms with van der Waals surface area (Å²) in [5, 5.41) is 9.36. The van der Waals surface area contributed by atoms with Gasteiger partial charge in [-0.3, -0.25) is 9.97 Å². The highest BCUT2D eigenvalue weighted by Gasteiger charge is 1.62. The Morgan fingerprint density at radius 3 is 0.836 bits per heavy atom. The minimum Gasteiger partial charge on any atom is -0.452 e. The molecular formula is C57H118N6O2S2. The van der Waals surface area contributed by atoms with Crippen molar-refractivity contribution < 1.29 is 8.94 Å². The number of aromatic amines is 1. The number of nitrogens with one attached hydrogen (secondary N) is 1. The first-order valence-corrected chi connectivity index (χ1v) is 27.6. The SMILES string of the molecule is CCC.CCC.CCC.CCC.CCC.CCC.CCC.CCC.CCC.CCC.CCC.CCC.c1c[nH]cn1.c1ccncc1.c1ccsc1.c1cnoc1.c1cocn1.c1cscn1. The van der Waals surface area contributed by atoms with Gasteiger partial charge in [0, 0.05) is 36.4 Å². The van der Waals surface area contributed by atoms with Gasteiger partial charge in [0.1, 0.15) is 12.5 Å². The van der Waals surface area contributed by atoms with Crippen LogP contribution in [0.4, 0.5) is 0 Å². The van der Waals surface area contributed by atoms with Gasteiger partial charge in [-0.15, -0.1) is 11.3 Å². The highest BCUT2D eigenvalue weighted by molar-refractivity contribution is 7.07. The summed E-state index contributed by atoms with van der Waals surface area (Å²) < 4.78 is 8.81. The maximum absolute atomic E-state index is 4.47. The number of oxazole rings is 1. The van der Waals surface area contributed by atoms with Crippen molar-refractivity contribution in [2.75, 3.05) is 0 Å². The number of thiophene rings is 1. The van der Waals surface area contributed by atoms with E-state index >= 15 is 0 Å². The van der Waals surface area contributed by atoms with Crippen LogP contribution in [0.1, 0.15) is 243 Å². The van der Waals surface area contributed by atoms with E-state index in [1.807, 2.05) is 46.5 Å². The topological polar surface area (TPSA) is 107 Å². The third kappa shape index (κ3) is 305. The Hall–Kier alpha value is -3.89. The van der Waals surface area contributed by atoms with E-state index in [0.717, 1.165) is 0 Å². The fourth-order valence-corrected chi connectivity index (χ4v) is 2.09. The molecule has 0 radical (unpaired) electrons. The largest absolute Gasteiger partial charge is 0.452 e. The summed E-state index contributed by atoms with van der Waals surface area (Å²) in [6.45, 7) is 51.0. The molecule has 0 aliphatic rings. The number of thiazole rings is 1. The van der Waals surface area contributed by atoms with Crippen LogP contribution in [0.15, 0.2) is 136 Å². The second kappa shape index (κ2) is 152. The lowest BCUT2D eigenvalue weighted by Gasteiger charge is -1.70. The molecule has 6 aromatic heterocycles. The van der Waals surface area contributed by atoms with Crippen molar-refractivity contribution in [3.05, 3.63) is 127 Å². The van der Waals surface area contributed by atoms with Crippen molar-refractivity contribution in [2.24, 2.45) is 0 Å². The predicted molar refractivity (Wildman–Crippen MR) is 314 cm³/mol. The summed E-state index contributed by atoms with van der Waals surface area (Å²) >= 11 is 3.31. The molecule has 0 saturated carbocycles. The highest BCUT2D eigenvalue weighted by Crippen LogP contribution is 1.91. The zero-order chi connectivity index (χ0) is 54.4. The molecule has 0 fully saturated rings. The normalized spacial score (nSPS) is 6.93. The van der Waals surface area contributed by atoms with Crippen LogP contribution in [0, 0.1) is 0 Å². The molecule has 1 N–H and O–H groups in total. The summed E-state index contributed by atoms with van der Waals surface area (Å²) in [6.07, 6.45) is 32.9. The van der Waals surface area contributed by atoms with Gasteiger partial charge in [-0.1, -0.05) is 267 Å². The van der Waals surface area contributed by atoms with E-state index in [1.165, 1.54) is 96.0 Å². The third-order valence-corrected chi connectivity index (χ3v) is 3.59. The number of pyridine rings is 1. The van der Waals surface area contributed by atoms with Crippen LogP contribution in [0.2, 0.25) is 0 Å². The molecular weight excluding hydrogens is 865 g/mol. The number of aromatic nitrogens is 6. The Morgan fingerprint density at radius 1 is 0.343 bits per heavy atom. The molecule has 0 unspecified atom stereocenters. The van der Waals surface area contributed by atoms with Crippen molar-refractivity contribution in [1.29, 1.82) is 0 Å². The van der Waals surface area contributed by atoms with Crippen LogP contribution in [0.25, 0.3) is 0 Å². The fourth-order valence-electron chi connectivity index (χ4n) is 1.28. The van der Waals surface area contributed by atoms with Crippen molar-refractivity contribution in [2.45, 2.75) is 243 Å². The van der Waals surface area contributed by atoms with Crippen LogP contribution in [0.5, 0.6) is 0 Å². The van der Waals surface area contributed by atoms with E-state index in [-0.39, 0.29) is 0 Å². The molecule has 0 aromatic carbocycles. The third-order valence-electron chi connectivity index (χ3n) is 2.44. The number of rotatable bonds is 0. The van der Waals surface area contributed by atoms with Gasteiger partial charge in [0.15, 0.2) is 6.39 Å². The number of hydrogen-bond acceptors (Lipinski definition) is 9. The van der Waals surface area contributed by atoms with E-state index in [4.69, 9.17) is 0 Å². The van der Waals surface area contributed by atoms with Crippen molar-refractivity contribution in [3.8, 4) is 0 Å². The van der Waals surface area contributed by atoms with Gasteiger partial charge in [0.25, 0.3) is 0 Å². The molecule has 0 amide bonds. The zero-order valence-corrected chi connectivity index (χ0v) is 50.6. The smallest absolute Gasteiger partial charge is 0.180 e. The summed E-state index contributed by atoms with van der Waals surface area (Å²) in [6, 6.07) is 11.5. The van der Waals surface area contributed by atoms with Gasteiger partial charge in [-0.05, 0) is 29.0 Å². The Balaban J connectivity index is -0.0000000482. The van der Waals surface area contributed by atoms with Gasteiger partial charge >= 0.3 is 0 Å². The Bertz CT molecular complexity index is 823. The molecule has 6 aromatic rings. The summed E-state index contributed by atoms with van der Waals surface area (Å²) in [4.78, 5) is 17.5. The van der Waals surface area contributed by atoms with Gasteiger partial charge in [-0.25, -0.2) is 9.97 Å². The average Bonchev–Trinajstić information content (AvgIpc) is 4.18. The van der Waals surface area contributed by atoms with Crippen LogP contribution < -0.4 is 0 Å². The lowest BCUT2D eigenvalue weighted by Crippen LogP contribution is -1.58. The van der Waals surface area contributed by atoms with E-state index in [0.29, 0.717) is 0 Å². The minimum atomic E-state index is 1.25. The first-order chi connectivity index (χ1) is 32.5. The Labute approximate surface area is 429 Å². The molecule has 6 heterocycles. The van der Waals surface area contributed by atoms with E-state index in [9.17, 15) is 0 Å². The van der Waals surface area contributed by atoms with E-state index in [1.54, 1.807) is 84.0 Å². The van der Waals surface area contributed by atoms with Gasteiger partial charge in [0.05, 0.1) is 24.2 Å². The Kier molecular flexibility index (Phi) is 211. The van der Waals surface area contributed by atoms with Gasteiger partial charge in [-0.2, -0.15) is 11.3 Å². The lowest BCUT2D eigenvalue weighted by molar-refractivity contribution is 0.420.